The number of hydrogen-bond acceptors (Lipinski definition) is 4. The lowest BCUT2D eigenvalue weighted by atomic mass is 10.1. The fraction of sp³-hybridized carbons (Fsp3) is 0.667. The number of ketones is 1. The van der Waals surface area contributed by atoms with Crippen molar-refractivity contribution in [2.75, 3.05) is 6.54 Å². The molecule has 0 heterocycles. The minimum absolute atomic E-state index is 0.00515. The Bertz CT molecular complexity index is 157. The fourth-order valence-electron chi connectivity index (χ4n) is 0.591. The van der Waals surface area contributed by atoms with Crippen LogP contribution in [-0.2, 0) is 4.79 Å². The van der Waals surface area contributed by atoms with Crippen molar-refractivity contribution in [2.24, 2.45) is 11.5 Å². The van der Waals surface area contributed by atoms with Crippen molar-refractivity contribution < 1.29 is 4.79 Å². The summed E-state index contributed by atoms with van der Waals surface area (Å²) in [5.74, 6) is 0.398. The third-order valence-corrected chi connectivity index (χ3v) is 1.33. The number of hydrogen-bond donors (Lipinski definition) is 3. The van der Waals surface area contributed by atoms with Gasteiger partial charge in [0.05, 0.1) is 11.9 Å². The summed E-state index contributed by atoms with van der Waals surface area (Å²) in [7, 11) is 0. The molecule has 0 saturated heterocycles. The molecular weight excluding hydrogens is 166 g/mol. The van der Waals surface area contributed by atoms with E-state index in [2.05, 4.69) is 11.9 Å². The maximum atomic E-state index is 10.6. The number of nitrogens with two attached hydrogens (primary N) is 2. The number of nitrogens with one attached hydrogen (secondary N) is 1. The van der Waals surface area contributed by atoms with Gasteiger partial charge in [-0.05, 0) is 13.3 Å². The Morgan fingerprint density at radius 1 is 1.54 bits per heavy atom. The van der Waals surface area contributed by atoms with Crippen molar-refractivity contribution in [1.29, 1.82) is 0 Å². The van der Waals surface area contributed by atoms with Crippen molar-refractivity contribution in [1.82, 2.24) is 5.32 Å². The van der Waals surface area contributed by atoms with Crippen LogP contribution >= 0.6 is 0 Å². The van der Waals surface area contributed by atoms with Gasteiger partial charge in [0.15, 0.2) is 0 Å². The molecule has 0 aliphatic heterocycles. The topological polar surface area (TPSA) is 81.1 Å². The minimum Gasteiger partial charge on any atom is -0.386 e. The molecule has 0 aromatic carbocycles. The molecule has 0 aliphatic rings. The van der Waals surface area contributed by atoms with Crippen molar-refractivity contribution in [3.8, 4) is 0 Å². The maximum absolute atomic E-state index is 10.6. The van der Waals surface area contributed by atoms with Gasteiger partial charge in [0.1, 0.15) is 5.78 Å². The second-order valence-electron chi connectivity index (χ2n) is 2.46. The highest BCUT2D eigenvalue weighted by Crippen LogP contribution is 1.87. The lowest BCUT2D eigenvalue weighted by molar-refractivity contribution is -0.118. The molecule has 78 valence electrons. The lowest BCUT2D eigenvalue weighted by Gasteiger charge is -2.08. The first-order chi connectivity index (χ1) is 6.04. The van der Waals surface area contributed by atoms with Crippen LogP contribution in [-0.4, -0.2) is 18.4 Å². The van der Waals surface area contributed by atoms with Crippen LogP contribution in [0.2, 0.25) is 0 Å². The smallest absolute Gasteiger partial charge is 0.146 e. The highest BCUT2D eigenvalue weighted by Gasteiger charge is 2.05. The van der Waals surface area contributed by atoms with Gasteiger partial charge in [0, 0.05) is 6.54 Å². The Morgan fingerprint density at radius 3 is 2.31 bits per heavy atom. The molecule has 4 nitrogen and oxygen atoms in total. The second kappa shape index (κ2) is 9.06. The predicted octanol–water partition coefficient (Wildman–Crippen LogP) is 0.338. The Balaban J connectivity index is 0. The Morgan fingerprint density at radius 2 is 2.00 bits per heavy atom. The third kappa shape index (κ3) is 11.0. The monoisotopic (exact) mass is 187 g/mol. The van der Waals surface area contributed by atoms with Crippen molar-refractivity contribution >= 4 is 5.78 Å². The average Bonchev–Trinajstić information content (AvgIpc) is 2.07. The largest absolute Gasteiger partial charge is 0.386 e. The second-order valence-corrected chi connectivity index (χ2v) is 2.46. The van der Waals surface area contributed by atoms with E-state index in [0.717, 1.165) is 0 Å². The molecule has 0 amide bonds. The van der Waals surface area contributed by atoms with E-state index in [1.165, 1.54) is 6.92 Å². The van der Waals surface area contributed by atoms with Crippen LogP contribution in [0.3, 0.4) is 0 Å². The van der Waals surface area contributed by atoms with Gasteiger partial charge < -0.3 is 16.8 Å². The third-order valence-electron chi connectivity index (χ3n) is 1.33. The zero-order chi connectivity index (χ0) is 10.9. The highest BCUT2D eigenvalue weighted by molar-refractivity contribution is 5.81. The van der Waals surface area contributed by atoms with Gasteiger partial charge in [-0.3, -0.25) is 4.79 Å². The van der Waals surface area contributed by atoms with E-state index in [0.29, 0.717) is 18.8 Å². The number of Topliss-reactive ketones (excluding diaryl/α,β-unsaturated/α-hetero) is 1. The van der Waals surface area contributed by atoms with Crippen molar-refractivity contribution in [2.45, 2.75) is 33.2 Å². The molecule has 5 N–H and O–H groups in total. The predicted molar refractivity (Wildman–Crippen MR) is 56.0 cm³/mol. The van der Waals surface area contributed by atoms with E-state index >= 15 is 0 Å². The van der Waals surface area contributed by atoms with E-state index in [9.17, 15) is 4.79 Å². The number of rotatable bonds is 5. The van der Waals surface area contributed by atoms with Gasteiger partial charge in [-0.2, -0.15) is 0 Å². The SMILES string of the molecule is C=C(N)NCC[C@@H](N)C(C)=O.CC. The van der Waals surface area contributed by atoms with Gasteiger partial charge in [-0.15, -0.1) is 0 Å². The van der Waals surface area contributed by atoms with Crippen LogP contribution in [0, 0.1) is 0 Å². The molecule has 0 rings (SSSR count). The van der Waals surface area contributed by atoms with E-state index in [1.807, 2.05) is 13.8 Å². The standard InChI is InChI=1S/C7H15N3O.C2H6/c1-5(11)7(9)3-4-10-6(2)8;1-2/h7,10H,2-4,8-9H2,1H3;1-2H3/t7-;/m1./s1. The zero-order valence-corrected chi connectivity index (χ0v) is 8.76. The molecule has 0 fully saturated rings. The molecule has 1 atom stereocenters. The highest BCUT2D eigenvalue weighted by atomic mass is 16.1. The molecule has 0 aliphatic carbocycles. The average molecular weight is 187 g/mol. The van der Waals surface area contributed by atoms with Crippen LogP contribution in [0.1, 0.15) is 27.2 Å². The first kappa shape index (κ1) is 14.5. The molecule has 13 heavy (non-hydrogen) atoms. The summed E-state index contributed by atoms with van der Waals surface area (Å²) in [5.41, 5.74) is 10.7. The minimum atomic E-state index is -0.387. The van der Waals surface area contributed by atoms with E-state index < -0.39 is 0 Å². The van der Waals surface area contributed by atoms with Gasteiger partial charge >= 0.3 is 0 Å². The van der Waals surface area contributed by atoms with Crippen molar-refractivity contribution in [3.63, 3.8) is 0 Å². The molecule has 0 radical (unpaired) electrons. The summed E-state index contributed by atoms with van der Waals surface area (Å²) in [4.78, 5) is 10.6. The maximum Gasteiger partial charge on any atom is 0.146 e. The summed E-state index contributed by atoms with van der Waals surface area (Å²) in [5, 5.41) is 2.78. The molecule has 4 heteroatoms. The molecule has 0 saturated carbocycles. The zero-order valence-electron chi connectivity index (χ0n) is 8.76. The summed E-state index contributed by atoms with van der Waals surface area (Å²) in [6, 6.07) is -0.387. The van der Waals surface area contributed by atoms with Crippen LogP contribution in [0.4, 0.5) is 0 Å². The van der Waals surface area contributed by atoms with Crippen molar-refractivity contribution in [3.05, 3.63) is 12.4 Å². The summed E-state index contributed by atoms with van der Waals surface area (Å²) in [6.45, 7) is 9.51. The van der Waals surface area contributed by atoms with Gasteiger partial charge in [0.25, 0.3) is 0 Å². The molecule has 0 aromatic rings. The first-order valence-electron chi connectivity index (χ1n) is 4.48. The normalized spacial score (nSPS) is 10.8. The summed E-state index contributed by atoms with van der Waals surface area (Å²) in [6.07, 6.45) is 0.589. The van der Waals surface area contributed by atoms with Crippen LogP contribution < -0.4 is 16.8 Å². The van der Waals surface area contributed by atoms with E-state index in [-0.39, 0.29) is 11.8 Å². The number of carbonyl (C=O) groups is 1. The number of carbonyl (C=O) groups excluding carboxylic acids is 1. The first-order valence-corrected chi connectivity index (χ1v) is 4.48. The molecule has 0 unspecified atom stereocenters. The molecule has 0 bridgehead atoms. The Labute approximate surface area is 80.4 Å². The van der Waals surface area contributed by atoms with Crippen LogP contribution in [0.25, 0.3) is 0 Å². The Kier molecular flexibility index (Phi) is 10.1. The van der Waals surface area contributed by atoms with Crippen LogP contribution in [0.5, 0.6) is 0 Å². The quantitative estimate of drug-likeness (QED) is 0.579. The van der Waals surface area contributed by atoms with E-state index in [4.69, 9.17) is 11.5 Å². The molecule has 0 aromatic heterocycles. The van der Waals surface area contributed by atoms with E-state index in [1.54, 1.807) is 0 Å². The van der Waals surface area contributed by atoms with Crippen LogP contribution in [0.15, 0.2) is 12.4 Å². The summed E-state index contributed by atoms with van der Waals surface area (Å²) >= 11 is 0. The Hall–Kier alpha value is -1.03. The van der Waals surface area contributed by atoms with Gasteiger partial charge in [-0.1, -0.05) is 20.4 Å². The van der Waals surface area contributed by atoms with Gasteiger partial charge in [0.2, 0.25) is 0 Å². The molecular formula is C9H21N3O. The lowest BCUT2D eigenvalue weighted by Crippen LogP contribution is -2.33. The summed E-state index contributed by atoms with van der Waals surface area (Å²) < 4.78 is 0. The molecule has 0 spiro atoms. The fourth-order valence-corrected chi connectivity index (χ4v) is 0.591. The van der Waals surface area contributed by atoms with Gasteiger partial charge in [-0.25, -0.2) is 0 Å².